The highest BCUT2D eigenvalue weighted by Gasteiger charge is 2.47. The molecule has 0 aromatic carbocycles. The zero-order valence-electron chi connectivity index (χ0n) is 13.8. The normalized spacial score (nSPS) is 13.5. The van der Waals surface area contributed by atoms with Crippen LogP contribution in [-0.4, -0.2) is 110 Å². The van der Waals surface area contributed by atoms with E-state index in [-0.39, 0.29) is 7.12 Å². The van der Waals surface area contributed by atoms with Crippen LogP contribution in [-0.2, 0) is 0 Å². The summed E-state index contributed by atoms with van der Waals surface area (Å²) in [6.07, 6.45) is 0. The minimum absolute atomic E-state index is 0.198. The lowest BCUT2D eigenvalue weighted by Gasteiger charge is -2.49. The van der Waals surface area contributed by atoms with Crippen LogP contribution >= 0.6 is 0 Å². The van der Waals surface area contributed by atoms with Crippen LogP contribution in [0.5, 0.6) is 0 Å². The van der Waals surface area contributed by atoms with Crippen LogP contribution in [0.25, 0.3) is 0 Å². The molecule has 0 unspecified atom stereocenters. The molecule has 8 heteroatoms. The van der Waals surface area contributed by atoms with E-state index >= 15 is 0 Å². The van der Waals surface area contributed by atoms with Crippen LogP contribution in [0.1, 0.15) is 0 Å². The summed E-state index contributed by atoms with van der Waals surface area (Å²) in [6.45, 7) is 0. The first-order chi connectivity index (χ1) is 8.07. The lowest BCUT2D eigenvalue weighted by molar-refractivity contribution is 0.361. The van der Waals surface area contributed by atoms with Crippen molar-refractivity contribution in [2.75, 3.05) is 70.5 Å². The van der Waals surface area contributed by atoms with Crippen LogP contribution in [0.3, 0.4) is 0 Å². The quantitative estimate of drug-likeness (QED) is 0.587. The first kappa shape index (κ1) is 18.0. The van der Waals surface area contributed by atoms with Crippen molar-refractivity contribution in [2.24, 2.45) is 0 Å². The highest BCUT2D eigenvalue weighted by atomic mass is 28.4. The Labute approximate surface area is 115 Å². The minimum Gasteiger partial charge on any atom is -0.320 e. The summed E-state index contributed by atoms with van der Waals surface area (Å²) in [6, 6.07) is 0. The molecule has 0 heterocycles. The van der Waals surface area contributed by atoms with Gasteiger partial charge in [0.05, 0.1) is 0 Å². The molecular formula is C10H31BN6Si. The SMILES string of the molecule is CN(C)B(N[Si](N(C)C)(N(C)C)N(C)C)N(C)C. The predicted molar refractivity (Wildman–Crippen MR) is 83.1 cm³/mol. The Morgan fingerprint density at radius 3 is 1.06 bits per heavy atom. The Kier molecular flexibility index (Phi) is 7.01. The van der Waals surface area contributed by atoms with Crippen molar-refractivity contribution < 1.29 is 0 Å². The molecule has 6 nitrogen and oxygen atoms in total. The molecule has 0 spiro atoms. The smallest absolute Gasteiger partial charge is 0.320 e. The first-order valence-corrected chi connectivity index (χ1v) is 8.04. The van der Waals surface area contributed by atoms with E-state index in [1.54, 1.807) is 0 Å². The van der Waals surface area contributed by atoms with Crippen LogP contribution in [0.2, 0.25) is 0 Å². The molecule has 0 aliphatic rings. The molecule has 1 N–H and O–H groups in total. The second kappa shape index (κ2) is 6.99. The van der Waals surface area contributed by atoms with Crippen LogP contribution in [0.4, 0.5) is 0 Å². The average Bonchev–Trinajstić information content (AvgIpc) is 2.15. The van der Waals surface area contributed by atoms with E-state index in [9.17, 15) is 0 Å². The molecule has 0 aromatic heterocycles. The average molecular weight is 274 g/mol. The van der Waals surface area contributed by atoms with Gasteiger partial charge in [0.15, 0.2) is 0 Å². The number of nitrogens with one attached hydrogen (secondary N) is 1. The molecule has 0 atom stereocenters. The third-order valence-electron chi connectivity index (χ3n) is 3.17. The standard InChI is InChI=1S/C10H31BN6Si/c1-13(2)11(14(3)4)12-18(15(5)6,16(7)8)17(9)10/h12H,1-10H3. The second-order valence-electron chi connectivity index (χ2n) is 5.76. The fraction of sp³-hybridized carbons (Fsp3) is 1.00. The molecule has 0 aliphatic heterocycles. The van der Waals surface area contributed by atoms with E-state index in [1.807, 2.05) is 0 Å². The molecule has 0 rings (SSSR count). The fourth-order valence-electron chi connectivity index (χ4n) is 2.48. The van der Waals surface area contributed by atoms with Crippen molar-refractivity contribution >= 4 is 15.8 Å². The van der Waals surface area contributed by atoms with E-state index in [4.69, 9.17) is 0 Å². The number of hydrogen-bond acceptors (Lipinski definition) is 6. The maximum atomic E-state index is 3.83. The van der Waals surface area contributed by atoms with Gasteiger partial charge in [-0.3, -0.25) is 13.7 Å². The molecular weight excluding hydrogens is 243 g/mol. The Bertz CT molecular complexity index is 217. The molecule has 108 valence electrons. The van der Waals surface area contributed by atoms with Gasteiger partial charge in [-0.2, -0.15) is 0 Å². The summed E-state index contributed by atoms with van der Waals surface area (Å²) in [7, 11) is 19.4. The summed E-state index contributed by atoms with van der Waals surface area (Å²) >= 11 is 0. The van der Waals surface area contributed by atoms with Crippen molar-refractivity contribution in [1.29, 1.82) is 0 Å². The fourth-order valence-corrected chi connectivity index (χ4v) is 6.52. The lowest BCUT2D eigenvalue weighted by Crippen LogP contribution is -2.83. The molecule has 0 saturated carbocycles. The Morgan fingerprint density at radius 2 is 0.889 bits per heavy atom. The van der Waals surface area contributed by atoms with Gasteiger partial charge < -0.3 is 14.5 Å². The molecule has 0 fully saturated rings. The van der Waals surface area contributed by atoms with Gasteiger partial charge in [0.25, 0.3) is 0 Å². The van der Waals surface area contributed by atoms with Crippen LogP contribution < -0.4 is 4.89 Å². The van der Waals surface area contributed by atoms with Crippen molar-refractivity contribution in [3.63, 3.8) is 0 Å². The first-order valence-electron chi connectivity index (χ1n) is 6.20. The highest BCUT2D eigenvalue weighted by Crippen LogP contribution is 2.10. The lowest BCUT2D eigenvalue weighted by atomic mass is 9.92. The molecule has 18 heavy (non-hydrogen) atoms. The van der Waals surface area contributed by atoms with E-state index in [0.717, 1.165) is 0 Å². The molecule has 0 radical (unpaired) electrons. The zero-order chi connectivity index (χ0) is 14.7. The third-order valence-corrected chi connectivity index (χ3v) is 7.56. The molecule has 0 bridgehead atoms. The largest absolute Gasteiger partial charge is 0.395 e. The van der Waals surface area contributed by atoms with E-state index in [0.29, 0.717) is 0 Å². The highest BCUT2D eigenvalue weighted by molar-refractivity contribution is 6.78. The summed E-state index contributed by atoms with van der Waals surface area (Å²) < 4.78 is 6.94. The number of hydrogen-bond donors (Lipinski definition) is 1. The Hall–Kier alpha value is 0.0418. The molecule has 0 amide bonds. The topological polar surface area (TPSA) is 28.2 Å². The summed E-state index contributed by atoms with van der Waals surface area (Å²) in [5.41, 5.74) is 0. The van der Waals surface area contributed by atoms with Gasteiger partial charge in [-0.05, 0) is 70.5 Å². The number of nitrogens with zero attached hydrogens (tertiary/aromatic N) is 5. The van der Waals surface area contributed by atoms with Gasteiger partial charge >= 0.3 is 15.8 Å². The Balaban J connectivity index is 5.33. The van der Waals surface area contributed by atoms with Crippen LogP contribution in [0.15, 0.2) is 0 Å². The van der Waals surface area contributed by atoms with Gasteiger partial charge in [0, 0.05) is 0 Å². The van der Waals surface area contributed by atoms with Crippen molar-refractivity contribution in [3.8, 4) is 0 Å². The van der Waals surface area contributed by atoms with Gasteiger partial charge in [-0.15, -0.1) is 0 Å². The summed E-state index contributed by atoms with van der Waals surface area (Å²) in [4.78, 5) is 8.22. The van der Waals surface area contributed by atoms with Crippen LogP contribution in [0, 0.1) is 0 Å². The predicted octanol–water partition coefficient (Wildman–Crippen LogP) is -1.20. The maximum absolute atomic E-state index is 3.83. The molecule has 0 aliphatic carbocycles. The minimum atomic E-state index is -2.05. The Morgan fingerprint density at radius 1 is 0.611 bits per heavy atom. The maximum Gasteiger partial charge on any atom is 0.395 e. The second-order valence-corrected chi connectivity index (χ2v) is 10.0. The summed E-state index contributed by atoms with van der Waals surface area (Å²) in [5, 5.41) is 0. The van der Waals surface area contributed by atoms with Gasteiger partial charge in [-0.1, -0.05) is 0 Å². The van der Waals surface area contributed by atoms with Crippen molar-refractivity contribution in [3.05, 3.63) is 0 Å². The van der Waals surface area contributed by atoms with E-state index in [2.05, 4.69) is 98.7 Å². The van der Waals surface area contributed by atoms with Crippen molar-refractivity contribution in [2.45, 2.75) is 0 Å². The van der Waals surface area contributed by atoms with Gasteiger partial charge in [0.1, 0.15) is 0 Å². The van der Waals surface area contributed by atoms with E-state index in [1.165, 1.54) is 0 Å². The monoisotopic (exact) mass is 274 g/mol. The van der Waals surface area contributed by atoms with Crippen molar-refractivity contribution in [1.82, 2.24) is 28.2 Å². The number of rotatable bonds is 7. The third kappa shape index (κ3) is 3.77. The van der Waals surface area contributed by atoms with Gasteiger partial charge in [-0.25, -0.2) is 0 Å². The zero-order valence-corrected chi connectivity index (χ0v) is 14.8. The summed E-state index contributed by atoms with van der Waals surface area (Å²) in [5.74, 6) is 0. The van der Waals surface area contributed by atoms with Gasteiger partial charge in [0.2, 0.25) is 0 Å². The molecule has 0 saturated heterocycles. The van der Waals surface area contributed by atoms with E-state index < -0.39 is 8.72 Å². The molecule has 0 aromatic rings.